The van der Waals surface area contributed by atoms with Crippen LogP contribution in [-0.2, 0) is 0 Å². The first kappa shape index (κ1) is 18.4. The summed E-state index contributed by atoms with van der Waals surface area (Å²) in [7, 11) is 1.97. The highest BCUT2D eigenvalue weighted by Gasteiger charge is 2.25. The maximum atomic E-state index is 12.6. The molecule has 130 valence electrons. The first-order chi connectivity index (χ1) is 11.2. The predicted octanol–water partition coefficient (Wildman–Crippen LogP) is 2.07. The van der Waals surface area contributed by atoms with Crippen LogP contribution in [0.4, 0.5) is 0 Å². The summed E-state index contributed by atoms with van der Waals surface area (Å²) < 4.78 is 1.66. The Labute approximate surface area is 148 Å². The molecule has 24 heavy (non-hydrogen) atoms. The van der Waals surface area contributed by atoms with E-state index < -0.39 is 0 Å². The van der Waals surface area contributed by atoms with Gasteiger partial charge in [-0.1, -0.05) is 17.3 Å². The zero-order valence-corrected chi connectivity index (χ0v) is 14.9. The molecule has 7 heteroatoms. The van der Waals surface area contributed by atoms with Crippen LogP contribution in [0.2, 0.25) is 0 Å². The summed E-state index contributed by atoms with van der Waals surface area (Å²) in [5.41, 5.74) is 2.49. The number of aromatic nitrogens is 3. The minimum absolute atomic E-state index is 0. The number of nitrogens with one attached hydrogen (secondary N) is 1. The van der Waals surface area contributed by atoms with Crippen LogP contribution in [0.15, 0.2) is 30.5 Å². The van der Waals surface area contributed by atoms with Gasteiger partial charge in [0.25, 0.3) is 5.91 Å². The third-order valence-electron chi connectivity index (χ3n) is 4.37. The number of hydrogen-bond donors (Lipinski definition) is 1. The van der Waals surface area contributed by atoms with E-state index in [9.17, 15) is 4.79 Å². The third kappa shape index (κ3) is 4.13. The molecule has 6 nitrogen and oxygen atoms in total. The maximum absolute atomic E-state index is 12.6. The Morgan fingerprint density at radius 2 is 2.08 bits per heavy atom. The van der Waals surface area contributed by atoms with Crippen LogP contribution in [0, 0.1) is 12.8 Å². The summed E-state index contributed by atoms with van der Waals surface area (Å²) in [6.07, 6.45) is 3.80. The molecule has 1 aliphatic heterocycles. The molecule has 0 spiro atoms. The Bertz CT molecular complexity index is 679. The molecule has 2 aromatic rings. The van der Waals surface area contributed by atoms with E-state index in [0.29, 0.717) is 11.6 Å². The number of piperidine rings is 1. The summed E-state index contributed by atoms with van der Waals surface area (Å²) in [6, 6.07) is 7.98. The summed E-state index contributed by atoms with van der Waals surface area (Å²) in [5.74, 6) is 0.638. The molecular weight excluding hydrogens is 326 g/mol. The zero-order chi connectivity index (χ0) is 16.2. The van der Waals surface area contributed by atoms with Crippen molar-refractivity contribution in [3.63, 3.8) is 0 Å². The van der Waals surface area contributed by atoms with Crippen LogP contribution in [0.3, 0.4) is 0 Å². The molecule has 1 aromatic heterocycles. The van der Waals surface area contributed by atoms with Crippen LogP contribution in [0.5, 0.6) is 0 Å². The van der Waals surface area contributed by atoms with Crippen molar-refractivity contribution in [2.45, 2.75) is 19.8 Å². The Morgan fingerprint density at radius 3 is 2.75 bits per heavy atom. The molecule has 0 atom stereocenters. The van der Waals surface area contributed by atoms with Gasteiger partial charge in [0.05, 0.1) is 11.9 Å². The topological polar surface area (TPSA) is 63.1 Å². The van der Waals surface area contributed by atoms with E-state index in [-0.39, 0.29) is 18.3 Å². The van der Waals surface area contributed by atoms with Gasteiger partial charge >= 0.3 is 0 Å². The van der Waals surface area contributed by atoms with Crippen molar-refractivity contribution < 1.29 is 4.79 Å². The molecule has 0 bridgehead atoms. The lowest BCUT2D eigenvalue weighted by atomic mass is 9.97. The van der Waals surface area contributed by atoms with E-state index in [1.807, 2.05) is 43.1 Å². The number of rotatable bonds is 4. The van der Waals surface area contributed by atoms with Crippen molar-refractivity contribution in [2.24, 2.45) is 5.92 Å². The summed E-state index contributed by atoms with van der Waals surface area (Å²) >= 11 is 0. The highest BCUT2D eigenvalue weighted by atomic mass is 35.5. The molecule has 0 radical (unpaired) electrons. The average Bonchev–Trinajstić information content (AvgIpc) is 3.05. The second-order valence-corrected chi connectivity index (χ2v) is 6.18. The van der Waals surface area contributed by atoms with Gasteiger partial charge in [-0.05, 0) is 57.0 Å². The van der Waals surface area contributed by atoms with E-state index in [0.717, 1.165) is 43.7 Å². The van der Waals surface area contributed by atoms with Crippen LogP contribution in [0.25, 0.3) is 5.69 Å². The van der Waals surface area contributed by atoms with Crippen LogP contribution in [0.1, 0.15) is 28.9 Å². The van der Waals surface area contributed by atoms with Crippen molar-refractivity contribution in [2.75, 3.05) is 26.7 Å². The SMILES string of the molecule is CNCC1CCN(C(=O)c2cn(-c3cccc(C)c3)nn2)CC1.Cl. The second kappa shape index (κ2) is 8.26. The fourth-order valence-electron chi connectivity index (χ4n) is 3.05. The van der Waals surface area contributed by atoms with Crippen molar-refractivity contribution in [1.29, 1.82) is 0 Å². The number of carbonyl (C=O) groups excluding carboxylic acids is 1. The lowest BCUT2D eigenvalue weighted by Crippen LogP contribution is -2.40. The molecule has 0 aliphatic carbocycles. The monoisotopic (exact) mass is 349 g/mol. The third-order valence-corrected chi connectivity index (χ3v) is 4.37. The van der Waals surface area contributed by atoms with Gasteiger partial charge in [0, 0.05) is 13.1 Å². The zero-order valence-electron chi connectivity index (χ0n) is 14.1. The van der Waals surface area contributed by atoms with Gasteiger partial charge in [-0.15, -0.1) is 17.5 Å². The molecule has 0 unspecified atom stereocenters. The lowest BCUT2D eigenvalue weighted by Gasteiger charge is -2.31. The first-order valence-electron chi connectivity index (χ1n) is 8.10. The van der Waals surface area contributed by atoms with Gasteiger partial charge in [-0.2, -0.15) is 0 Å². The van der Waals surface area contributed by atoms with Crippen molar-refractivity contribution in [1.82, 2.24) is 25.2 Å². The van der Waals surface area contributed by atoms with Crippen molar-refractivity contribution in [3.05, 3.63) is 41.7 Å². The number of aryl methyl sites for hydroxylation is 1. The van der Waals surface area contributed by atoms with Gasteiger partial charge in [0.2, 0.25) is 0 Å². The fraction of sp³-hybridized carbons (Fsp3) is 0.471. The highest BCUT2D eigenvalue weighted by molar-refractivity contribution is 5.92. The number of carbonyl (C=O) groups is 1. The number of likely N-dealkylation sites (tertiary alicyclic amines) is 1. The van der Waals surface area contributed by atoms with Crippen LogP contribution in [-0.4, -0.2) is 52.5 Å². The van der Waals surface area contributed by atoms with Crippen molar-refractivity contribution >= 4 is 18.3 Å². The van der Waals surface area contributed by atoms with Gasteiger partial charge in [-0.3, -0.25) is 4.79 Å². The summed E-state index contributed by atoms with van der Waals surface area (Å²) in [4.78, 5) is 14.5. The number of benzene rings is 1. The molecule has 1 saturated heterocycles. The molecule has 1 aromatic carbocycles. The molecule has 1 amide bonds. The summed E-state index contributed by atoms with van der Waals surface area (Å²) in [5, 5.41) is 11.4. The van der Waals surface area contributed by atoms with E-state index in [1.165, 1.54) is 0 Å². The van der Waals surface area contributed by atoms with E-state index in [1.54, 1.807) is 10.9 Å². The Hall–Kier alpha value is -1.92. The Kier molecular flexibility index (Phi) is 6.34. The largest absolute Gasteiger partial charge is 0.337 e. The van der Waals surface area contributed by atoms with Gasteiger partial charge in [0.15, 0.2) is 5.69 Å². The first-order valence-corrected chi connectivity index (χ1v) is 8.10. The van der Waals surface area contributed by atoms with Gasteiger partial charge in [-0.25, -0.2) is 4.68 Å². The molecule has 0 saturated carbocycles. The fourth-order valence-corrected chi connectivity index (χ4v) is 3.05. The molecule has 1 aliphatic rings. The van der Waals surface area contributed by atoms with E-state index >= 15 is 0 Å². The number of amides is 1. The smallest absolute Gasteiger partial charge is 0.276 e. The Morgan fingerprint density at radius 1 is 1.33 bits per heavy atom. The Balaban J connectivity index is 0.00000208. The molecule has 1 fully saturated rings. The second-order valence-electron chi connectivity index (χ2n) is 6.18. The maximum Gasteiger partial charge on any atom is 0.276 e. The van der Waals surface area contributed by atoms with Gasteiger partial charge in [0.1, 0.15) is 0 Å². The van der Waals surface area contributed by atoms with Crippen LogP contribution >= 0.6 is 12.4 Å². The molecule has 2 heterocycles. The van der Waals surface area contributed by atoms with E-state index in [2.05, 4.69) is 15.6 Å². The standard InChI is InChI=1S/C17H23N5O.ClH/c1-13-4-3-5-15(10-13)22-12-16(19-20-22)17(23)21-8-6-14(7-9-21)11-18-2;/h3-5,10,12,14,18H,6-9,11H2,1-2H3;1H. The number of nitrogens with zero attached hydrogens (tertiary/aromatic N) is 4. The minimum atomic E-state index is -0.0215. The average molecular weight is 350 g/mol. The van der Waals surface area contributed by atoms with E-state index in [4.69, 9.17) is 0 Å². The molecular formula is C17H24ClN5O. The number of halogens is 1. The van der Waals surface area contributed by atoms with Crippen LogP contribution < -0.4 is 5.32 Å². The summed E-state index contributed by atoms with van der Waals surface area (Å²) in [6.45, 7) is 4.64. The normalized spacial score (nSPS) is 15.2. The predicted molar refractivity (Wildman–Crippen MR) is 95.9 cm³/mol. The highest BCUT2D eigenvalue weighted by Crippen LogP contribution is 2.18. The van der Waals surface area contributed by atoms with Gasteiger partial charge < -0.3 is 10.2 Å². The number of hydrogen-bond acceptors (Lipinski definition) is 4. The van der Waals surface area contributed by atoms with Crippen molar-refractivity contribution in [3.8, 4) is 5.69 Å². The quantitative estimate of drug-likeness (QED) is 0.917. The molecule has 1 N–H and O–H groups in total. The lowest BCUT2D eigenvalue weighted by molar-refractivity contribution is 0.0685. The minimum Gasteiger partial charge on any atom is -0.337 e. The molecule has 3 rings (SSSR count).